The molecule has 0 radical (unpaired) electrons. The van der Waals surface area contributed by atoms with E-state index in [-0.39, 0.29) is 5.82 Å². The summed E-state index contributed by atoms with van der Waals surface area (Å²) in [5.74, 6) is 0.00182. The summed E-state index contributed by atoms with van der Waals surface area (Å²) >= 11 is 0. The summed E-state index contributed by atoms with van der Waals surface area (Å²) in [5.41, 5.74) is 0.953. The summed E-state index contributed by atoms with van der Waals surface area (Å²) in [5, 5.41) is 3.52. The Morgan fingerprint density at radius 2 is 2.21 bits per heavy atom. The van der Waals surface area contributed by atoms with Gasteiger partial charge in [-0.1, -0.05) is 0 Å². The monoisotopic (exact) mass is 264 g/mol. The lowest BCUT2D eigenvalue weighted by Gasteiger charge is -2.35. The largest absolute Gasteiger partial charge is 0.494 e. The summed E-state index contributed by atoms with van der Waals surface area (Å²) in [6.45, 7) is 2.45. The lowest BCUT2D eigenvalue weighted by atomic mass is 9.97. The maximum Gasteiger partial charge on any atom is 0.165 e. The molecule has 2 heterocycles. The standard InChI is InChI=1S/C15H21FN2O/c1-19-15-10-11(4-5-14(15)16)17-12-6-8-18-7-2-3-13(18)9-12/h4-5,10,12-13,17H,2-3,6-9H2,1H3. The van der Waals surface area contributed by atoms with Crippen molar-refractivity contribution in [1.29, 1.82) is 0 Å². The average molecular weight is 264 g/mol. The molecule has 2 atom stereocenters. The molecule has 2 aliphatic heterocycles. The van der Waals surface area contributed by atoms with E-state index in [0.29, 0.717) is 11.8 Å². The molecule has 3 rings (SSSR count). The van der Waals surface area contributed by atoms with E-state index in [9.17, 15) is 4.39 Å². The highest BCUT2D eigenvalue weighted by Crippen LogP contribution is 2.29. The SMILES string of the molecule is COc1cc(NC2CCN3CCCC3C2)ccc1F. The van der Waals surface area contributed by atoms with Crippen LogP contribution < -0.4 is 10.1 Å². The van der Waals surface area contributed by atoms with E-state index in [2.05, 4.69) is 10.2 Å². The zero-order valence-electron chi connectivity index (χ0n) is 11.4. The highest BCUT2D eigenvalue weighted by molar-refractivity contribution is 5.49. The summed E-state index contributed by atoms with van der Waals surface area (Å²) < 4.78 is 18.4. The minimum absolute atomic E-state index is 0.307. The van der Waals surface area contributed by atoms with Crippen molar-refractivity contribution in [2.45, 2.75) is 37.8 Å². The highest BCUT2D eigenvalue weighted by Gasteiger charge is 2.31. The number of benzene rings is 1. The van der Waals surface area contributed by atoms with E-state index >= 15 is 0 Å². The van der Waals surface area contributed by atoms with E-state index in [1.165, 1.54) is 45.5 Å². The Morgan fingerprint density at radius 1 is 1.32 bits per heavy atom. The second kappa shape index (κ2) is 5.37. The van der Waals surface area contributed by atoms with Gasteiger partial charge in [0.25, 0.3) is 0 Å². The summed E-state index contributed by atoms with van der Waals surface area (Å²) in [6.07, 6.45) is 5.02. The topological polar surface area (TPSA) is 24.5 Å². The first-order valence-electron chi connectivity index (χ1n) is 7.10. The van der Waals surface area contributed by atoms with Crippen molar-refractivity contribution in [3.63, 3.8) is 0 Å². The first-order valence-corrected chi connectivity index (χ1v) is 7.10. The molecule has 2 unspecified atom stereocenters. The first kappa shape index (κ1) is 12.7. The van der Waals surface area contributed by atoms with Gasteiger partial charge in [0.15, 0.2) is 11.6 Å². The molecule has 2 fully saturated rings. The third-order valence-electron chi connectivity index (χ3n) is 4.34. The van der Waals surface area contributed by atoms with Crippen molar-refractivity contribution in [2.75, 3.05) is 25.5 Å². The van der Waals surface area contributed by atoms with E-state index < -0.39 is 0 Å². The van der Waals surface area contributed by atoms with Gasteiger partial charge in [0, 0.05) is 30.4 Å². The van der Waals surface area contributed by atoms with Crippen LogP contribution in [0.4, 0.5) is 10.1 Å². The van der Waals surface area contributed by atoms with Gasteiger partial charge in [-0.05, 0) is 44.4 Å². The van der Waals surface area contributed by atoms with Crippen molar-refractivity contribution in [3.8, 4) is 5.75 Å². The molecule has 2 saturated heterocycles. The molecule has 2 aliphatic rings. The minimum atomic E-state index is -0.307. The van der Waals surface area contributed by atoms with Gasteiger partial charge in [-0.2, -0.15) is 0 Å². The number of halogens is 1. The first-order chi connectivity index (χ1) is 9.26. The zero-order chi connectivity index (χ0) is 13.2. The van der Waals surface area contributed by atoms with Crippen LogP contribution in [-0.4, -0.2) is 37.2 Å². The third kappa shape index (κ3) is 2.68. The number of rotatable bonds is 3. The lowest BCUT2D eigenvalue weighted by molar-refractivity contribution is 0.188. The van der Waals surface area contributed by atoms with Gasteiger partial charge in [0.2, 0.25) is 0 Å². The predicted molar refractivity (Wildman–Crippen MR) is 74.2 cm³/mol. The molecule has 0 bridgehead atoms. The van der Waals surface area contributed by atoms with Gasteiger partial charge >= 0.3 is 0 Å². The van der Waals surface area contributed by atoms with E-state index in [1.807, 2.05) is 0 Å². The molecule has 3 nitrogen and oxygen atoms in total. The van der Waals surface area contributed by atoms with Crippen molar-refractivity contribution < 1.29 is 9.13 Å². The molecule has 0 aromatic heterocycles. The molecule has 1 N–H and O–H groups in total. The van der Waals surface area contributed by atoms with Crippen LogP contribution in [0.25, 0.3) is 0 Å². The van der Waals surface area contributed by atoms with Gasteiger partial charge in [-0.15, -0.1) is 0 Å². The van der Waals surface area contributed by atoms with Gasteiger partial charge in [-0.3, -0.25) is 0 Å². The van der Waals surface area contributed by atoms with E-state index in [4.69, 9.17) is 4.74 Å². The normalized spacial score (nSPS) is 27.1. The van der Waals surface area contributed by atoms with Gasteiger partial charge in [0.05, 0.1) is 7.11 Å². The second-order valence-corrected chi connectivity index (χ2v) is 5.55. The Balaban J connectivity index is 1.65. The molecule has 1 aromatic carbocycles. The average Bonchev–Trinajstić information content (AvgIpc) is 2.88. The Morgan fingerprint density at radius 3 is 3.05 bits per heavy atom. The summed E-state index contributed by atoms with van der Waals surface area (Å²) in [6, 6.07) is 6.24. The molecule has 1 aromatic rings. The van der Waals surface area contributed by atoms with E-state index in [1.54, 1.807) is 12.1 Å². The van der Waals surface area contributed by atoms with Crippen LogP contribution >= 0.6 is 0 Å². The van der Waals surface area contributed by atoms with Crippen molar-refractivity contribution in [1.82, 2.24) is 4.90 Å². The molecule has 0 spiro atoms. The third-order valence-corrected chi connectivity index (χ3v) is 4.34. The zero-order valence-corrected chi connectivity index (χ0v) is 11.4. The number of anilines is 1. The number of hydrogen-bond donors (Lipinski definition) is 1. The molecule has 0 amide bonds. The van der Waals surface area contributed by atoms with Crippen molar-refractivity contribution in [3.05, 3.63) is 24.0 Å². The Hall–Kier alpha value is -1.29. The fourth-order valence-corrected chi connectivity index (χ4v) is 3.34. The quantitative estimate of drug-likeness (QED) is 0.908. The van der Waals surface area contributed by atoms with Gasteiger partial charge in [-0.25, -0.2) is 4.39 Å². The van der Waals surface area contributed by atoms with Gasteiger partial charge < -0.3 is 15.0 Å². The minimum Gasteiger partial charge on any atom is -0.494 e. The second-order valence-electron chi connectivity index (χ2n) is 5.55. The number of ether oxygens (including phenoxy) is 1. The smallest absolute Gasteiger partial charge is 0.165 e. The lowest BCUT2D eigenvalue weighted by Crippen LogP contribution is -2.42. The van der Waals surface area contributed by atoms with Crippen LogP contribution in [0.2, 0.25) is 0 Å². The predicted octanol–water partition coefficient (Wildman–Crippen LogP) is 2.87. The molecule has 19 heavy (non-hydrogen) atoms. The number of nitrogens with zero attached hydrogens (tertiary/aromatic N) is 1. The molecule has 0 saturated carbocycles. The fourth-order valence-electron chi connectivity index (χ4n) is 3.34. The number of fused-ring (bicyclic) bond motifs is 1. The molecule has 4 heteroatoms. The summed E-state index contributed by atoms with van der Waals surface area (Å²) in [4.78, 5) is 2.60. The van der Waals surface area contributed by atoms with Crippen LogP contribution in [0.5, 0.6) is 5.75 Å². The molecule has 0 aliphatic carbocycles. The van der Waals surface area contributed by atoms with Gasteiger partial charge in [0.1, 0.15) is 0 Å². The molecule has 104 valence electrons. The van der Waals surface area contributed by atoms with E-state index in [0.717, 1.165) is 18.2 Å². The van der Waals surface area contributed by atoms with Crippen LogP contribution in [-0.2, 0) is 0 Å². The van der Waals surface area contributed by atoms with Crippen LogP contribution in [0.15, 0.2) is 18.2 Å². The summed E-state index contributed by atoms with van der Waals surface area (Å²) in [7, 11) is 1.50. The number of piperidine rings is 1. The maximum absolute atomic E-state index is 13.4. The van der Waals surface area contributed by atoms with Crippen molar-refractivity contribution >= 4 is 5.69 Å². The highest BCUT2D eigenvalue weighted by atomic mass is 19.1. The molecular formula is C15H21FN2O. The number of nitrogens with one attached hydrogen (secondary N) is 1. The van der Waals surface area contributed by atoms with Crippen LogP contribution in [0.3, 0.4) is 0 Å². The van der Waals surface area contributed by atoms with Crippen LogP contribution in [0, 0.1) is 5.82 Å². The number of hydrogen-bond acceptors (Lipinski definition) is 3. The number of methoxy groups -OCH3 is 1. The Bertz CT molecular complexity index is 452. The fraction of sp³-hybridized carbons (Fsp3) is 0.600. The maximum atomic E-state index is 13.4. The molecular weight excluding hydrogens is 243 g/mol. The van der Waals surface area contributed by atoms with Crippen LogP contribution in [0.1, 0.15) is 25.7 Å². The Kier molecular flexibility index (Phi) is 3.60. The van der Waals surface area contributed by atoms with Crippen molar-refractivity contribution in [2.24, 2.45) is 0 Å². The Labute approximate surface area is 113 Å².